The van der Waals surface area contributed by atoms with Gasteiger partial charge in [-0.2, -0.15) is 0 Å². The summed E-state index contributed by atoms with van der Waals surface area (Å²) >= 11 is 1.26. The van der Waals surface area contributed by atoms with Gasteiger partial charge in [-0.1, -0.05) is 24.3 Å². The van der Waals surface area contributed by atoms with Gasteiger partial charge in [0, 0.05) is 31.7 Å². The molecule has 1 aromatic heterocycles. The van der Waals surface area contributed by atoms with Gasteiger partial charge >= 0.3 is 6.03 Å². The maximum absolute atomic E-state index is 13.2. The summed E-state index contributed by atoms with van der Waals surface area (Å²) in [6.45, 7) is 2.32. The van der Waals surface area contributed by atoms with Gasteiger partial charge in [-0.15, -0.1) is 11.3 Å². The minimum absolute atomic E-state index is 0.0991. The molecule has 0 radical (unpaired) electrons. The topological polar surface area (TPSA) is 86.4 Å². The van der Waals surface area contributed by atoms with Gasteiger partial charge in [-0.05, 0) is 42.3 Å². The third kappa shape index (κ3) is 6.52. The summed E-state index contributed by atoms with van der Waals surface area (Å²) in [5.41, 5.74) is 3.32. The first kappa shape index (κ1) is 23.2. The van der Waals surface area contributed by atoms with Crippen molar-refractivity contribution in [3.8, 4) is 0 Å². The molecule has 1 heterocycles. The fraction of sp³-hybridized carbons (Fsp3) is 0.261. The second kappa shape index (κ2) is 10.7. The molecule has 1 unspecified atom stereocenters. The average Bonchev–Trinajstić information content (AvgIpc) is 3.22. The summed E-state index contributed by atoms with van der Waals surface area (Å²) in [5, 5.41) is 10.4. The van der Waals surface area contributed by atoms with Crippen LogP contribution in [0.3, 0.4) is 0 Å². The lowest BCUT2D eigenvalue weighted by Gasteiger charge is -2.15. The van der Waals surface area contributed by atoms with E-state index in [9.17, 15) is 14.0 Å². The molecule has 3 rings (SSSR count). The molecule has 2 aromatic carbocycles. The summed E-state index contributed by atoms with van der Waals surface area (Å²) in [7, 11) is 3.94. The van der Waals surface area contributed by atoms with Crippen LogP contribution < -0.4 is 20.9 Å². The molecule has 0 saturated heterocycles. The number of anilines is 2. The molecule has 168 valence electrons. The molecule has 3 amide bonds. The van der Waals surface area contributed by atoms with E-state index in [2.05, 4.69) is 20.9 Å². The fourth-order valence-electron chi connectivity index (χ4n) is 2.96. The number of urea groups is 1. The molecule has 0 aliphatic heterocycles. The lowest BCUT2D eigenvalue weighted by Crippen LogP contribution is -2.28. The van der Waals surface area contributed by atoms with E-state index < -0.39 is 6.03 Å². The second-order valence-corrected chi connectivity index (χ2v) is 8.37. The lowest BCUT2D eigenvalue weighted by atomic mass is 10.00. The van der Waals surface area contributed by atoms with E-state index in [1.807, 2.05) is 50.2 Å². The van der Waals surface area contributed by atoms with Gasteiger partial charge in [0.25, 0.3) is 0 Å². The fourth-order valence-corrected chi connectivity index (χ4v) is 3.66. The van der Waals surface area contributed by atoms with Gasteiger partial charge < -0.3 is 15.5 Å². The van der Waals surface area contributed by atoms with E-state index in [0.717, 1.165) is 11.3 Å². The van der Waals surface area contributed by atoms with Crippen LogP contribution in [-0.2, 0) is 17.9 Å². The minimum atomic E-state index is -0.436. The normalized spacial score (nSPS) is 11.5. The Bertz CT molecular complexity index is 1070. The van der Waals surface area contributed by atoms with Crippen molar-refractivity contribution in [2.75, 3.05) is 24.3 Å². The highest BCUT2D eigenvalue weighted by atomic mass is 32.1. The molecule has 0 aliphatic rings. The van der Waals surface area contributed by atoms with Gasteiger partial charge in [-0.25, -0.2) is 14.2 Å². The first-order valence-electron chi connectivity index (χ1n) is 10.1. The summed E-state index contributed by atoms with van der Waals surface area (Å²) in [6, 6.07) is 13.5. The summed E-state index contributed by atoms with van der Waals surface area (Å²) < 4.78 is 13.2. The van der Waals surface area contributed by atoms with Crippen molar-refractivity contribution in [3.05, 3.63) is 76.5 Å². The number of thiazole rings is 1. The Kier molecular flexibility index (Phi) is 7.77. The Morgan fingerprint density at radius 3 is 2.53 bits per heavy atom. The van der Waals surface area contributed by atoms with Crippen molar-refractivity contribution in [3.63, 3.8) is 0 Å². The van der Waals surface area contributed by atoms with Gasteiger partial charge in [0.2, 0.25) is 5.91 Å². The van der Waals surface area contributed by atoms with Crippen molar-refractivity contribution in [2.24, 2.45) is 0 Å². The molecule has 0 aliphatic carbocycles. The Morgan fingerprint density at radius 2 is 1.84 bits per heavy atom. The molecule has 0 fully saturated rings. The monoisotopic (exact) mass is 455 g/mol. The third-order valence-electron chi connectivity index (χ3n) is 4.86. The minimum Gasteiger partial charge on any atom is -0.378 e. The Hall–Kier alpha value is -3.46. The highest BCUT2D eigenvalue weighted by Crippen LogP contribution is 2.20. The van der Waals surface area contributed by atoms with E-state index in [1.54, 1.807) is 17.5 Å². The number of rotatable bonds is 8. The van der Waals surface area contributed by atoms with Crippen LogP contribution in [0.4, 0.5) is 20.0 Å². The van der Waals surface area contributed by atoms with Crippen molar-refractivity contribution < 1.29 is 14.0 Å². The number of nitrogens with one attached hydrogen (secondary N) is 3. The molecular weight excluding hydrogens is 429 g/mol. The van der Waals surface area contributed by atoms with E-state index in [4.69, 9.17) is 0 Å². The highest BCUT2D eigenvalue weighted by molar-refractivity contribution is 7.13. The Balaban J connectivity index is 1.46. The predicted octanol–water partition coefficient (Wildman–Crippen LogP) is 4.09. The van der Waals surface area contributed by atoms with E-state index in [-0.39, 0.29) is 30.7 Å². The van der Waals surface area contributed by atoms with Crippen LogP contribution in [0.1, 0.15) is 29.7 Å². The van der Waals surface area contributed by atoms with Crippen molar-refractivity contribution in [1.29, 1.82) is 0 Å². The van der Waals surface area contributed by atoms with Gasteiger partial charge in [0.1, 0.15) is 5.82 Å². The molecule has 32 heavy (non-hydrogen) atoms. The van der Waals surface area contributed by atoms with Crippen LogP contribution in [0.15, 0.2) is 53.9 Å². The first-order chi connectivity index (χ1) is 15.3. The summed E-state index contributed by atoms with van der Waals surface area (Å²) in [4.78, 5) is 30.9. The molecular formula is C23H26FN5O2S. The number of hydrogen-bond donors (Lipinski definition) is 3. The number of amides is 3. The van der Waals surface area contributed by atoms with Gasteiger partial charge in [-0.3, -0.25) is 10.1 Å². The average molecular weight is 456 g/mol. The van der Waals surface area contributed by atoms with Crippen LogP contribution in [0, 0.1) is 5.82 Å². The molecule has 0 saturated carbocycles. The van der Waals surface area contributed by atoms with Crippen molar-refractivity contribution in [2.45, 2.75) is 25.9 Å². The largest absolute Gasteiger partial charge is 0.378 e. The quantitative estimate of drug-likeness (QED) is 0.478. The molecule has 3 N–H and O–H groups in total. The standard InChI is InChI=1S/C23H26FN5O2S/c1-15(17-7-9-20(10-8-17)29(2)3)21(30)25-13-19-14-32-23(27-19)28-22(31)26-12-16-5-4-6-18(24)11-16/h4-11,14-15H,12-13H2,1-3H3,(H,25,30)(H2,26,27,28,31). The van der Waals surface area contributed by atoms with Crippen molar-refractivity contribution >= 4 is 34.1 Å². The zero-order valence-electron chi connectivity index (χ0n) is 18.2. The number of halogens is 1. The van der Waals surface area contributed by atoms with Crippen LogP contribution in [0.5, 0.6) is 0 Å². The molecule has 0 bridgehead atoms. The zero-order valence-corrected chi connectivity index (χ0v) is 19.0. The number of benzene rings is 2. The SMILES string of the molecule is CC(C(=O)NCc1csc(NC(=O)NCc2cccc(F)c2)n1)c1ccc(N(C)C)cc1. The number of aromatic nitrogens is 1. The molecule has 0 spiro atoms. The lowest BCUT2D eigenvalue weighted by molar-refractivity contribution is -0.122. The smallest absolute Gasteiger partial charge is 0.321 e. The summed E-state index contributed by atoms with van der Waals surface area (Å²) in [5.74, 6) is -0.745. The summed E-state index contributed by atoms with van der Waals surface area (Å²) in [6.07, 6.45) is 0. The molecule has 9 heteroatoms. The Morgan fingerprint density at radius 1 is 1.09 bits per heavy atom. The van der Waals surface area contributed by atoms with Gasteiger partial charge in [0.05, 0.1) is 18.2 Å². The van der Waals surface area contributed by atoms with Crippen molar-refractivity contribution in [1.82, 2.24) is 15.6 Å². The predicted molar refractivity (Wildman–Crippen MR) is 125 cm³/mol. The first-order valence-corrected chi connectivity index (χ1v) is 11.0. The van der Waals surface area contributed by atoms with Crippen LogP contribution in [-0.4, -0.2) is 31.0 Å². The highest BCUT2D eigenvalue weighted by Gasteiger charge is 2.16. The van der Waals surface area contributed by atoms with E-state index in [0.29, 0.717) is 16.4 Å². The maximum atomic E-state index is 13.2. The molecule has 3 aromatic rings. The van der Waals surface area contributed by atoms with Crippen LogP contribution in [0.2, 0.25) is 0 Å². The number of hydrogen-bond acceptors (Lipinski definition) is 5. The van der Waals surface area contributed by atoms with Crippen LogP contribution >= 0.6 is 11.3 Å². The van der Waals surface area contributed by atoms with E-state index >= 15 is 0 Å². The number of nitrogens with zero attached hydrogens (tertiary/aromatic N) is 2. The van der Waals surface area contributed by atoms with Crippen LogP contribution in [0.25, 0.3) is 0 Å². The van der Waals surface area contributed by atoms with E-state index in [1.165, 1.54) is 23.5 Å². The third-order valence-corrected chi connectivity index (χ3v) is 5.67. The Labute approximate surface area is 190 Å². The maximum Gasteiger partial charge on any atom is 0.321 e. The second-order valence-electron chi connectivity index (χ2n) is 7.51. The zero-order chi connectivity index (χ0) is 23.1. The number of carbonyl (C=O) groups excluding carboxylic acids is 2. The molecule has 1 atom stereocenters. The van der Waals surface area contributed by atoms with Gasteiger partial charge in [0.15, 0.2) is 5.13 Å². The number of carbonyl (C=O) groups is 2. The molecule has 7 nitrogen and oxygen atoms in total.